The van der Waals surface area contributed by atoms with Crippen LogP contribution in [-0.4, -0.2) is 51.1 Å². The molecule has 2 amide bonds. The van der Waals surface area contributed by atoms with E-state index in [0.717, 1.165) is 6.42 Å². The summed E-state index contributed by atoms with van der Waals surface area (Å²) in [4.78, 5) is 24.9. The molecule has 28 heavy (non-hydrogen) atoms. The minimum atomic E-state index is -0.218. The third-order valence-electron chi connectivity index (χ3n) is 4.94. The summed E-state index contributed by atoms with van der Waals surface area (Å²) in [6, 6.07) is 1.48. The fraction of sp³-hybridized carbons (Fsp3) is 0.611. The predicted molar refractivity (Wildman–Crippen MR) is 98.1 cm³/mol. The van der Waals surface area contributed by atoms with E-state index in [2.05, 4.69) is 35.8 Å². The molecule has 3 atom stereocenters. The number of H-pyrrole nitrogens is 1. The zero-order valence-corrected chi connectivity index (χ0v) is 16.1. The van der Waals surface area contributed by atoms with Crippen LogP contribution in [-0.2, 0) is 16.1 Å². The van der Waals surface area contributed by atoms with Gasteiger partial charge in [-0.1, -0.05) is 17.2 Å². The second-order valence-corrected chi connectivity index (χ2v) is 6.98. The molecule has 2 aromatic rings. The minimum absolute atomic E-state index is 0.0501. The van der Waals surface area contributed by atoms with E-state index in [9.17, 15) is 9.59 Å². The van der Waals surface area contributed by atoms with Crippen LogP contribution in [0.4, 0.5) is 0 Å². The number of carbonyl (C=O) groups excluding carboxylic acids is 2. The summed E-state index contributed by atoms with van der Waals surface area (Å²) in [5.74, 6) is -0.447. The van der Waals surface area contributed by atoms with Crippen molar-refractivity contribution in [1.82, 2.24) is 31.1 Å². The molecule has 10 heteroatoms. The van der Waals surface area contributed by atoms with Gasteiger partial charge in [-0.05, 0) is 38.7 Å². The highest BCUT2D eigenvalue weighted by atomic mass is 16.6. The largest absolute Gasteiger partial charge is 0.376 e. The molecular weight excluding hydrogens is 364 g/mol. The molecule has 1 aliphatic rings. The van der Waals surface area contributed by atoms with Crippen LogP contribution < -0.4 is 10.6 Å². The second-order valence-electron chi connectivity index (χ2n) is 6.98. The maximum Gasteiger partial charge on any atom is 0.269 e. The van der Waals surface area contributed by atoms with Crippen molar-refractivity contribution in [2.24, 2.45) is 5.92 Å². The van der Waals surface area contributed by atoms with Crippen molar-refractivity contribution in [3.8, 4) is 0 Å². The molecule has 10 nitrogen and oxygen atoms in total. The van der Waals surface area contributed by atoms with Gasteiger partial charge in [0.15, 0.2) is 0 Å². The maximum absolute atomic E-state index is 12.6. The minimum Gasteiger partial charge on any atom is -0.376 e. The van der Waals surface area contributed by atoms with E-state index in [1.54, 1.807) is 13.0 Å². The average molecular weight is 390 g/mol. The first-order valence-electron chi connectivity index (χ1n) is 9.56. The molecule has 0 aliphatic heterocycles. The zero-order valence-electron chi connectivity index (χ0n) is 16.1. The van der Waals surface area contributed by atoms with Crippen LogP contribution in [0.2, 0.25) is 0 Å². The number of nitrogens with zero attached hydrogens (tertiary/aromatic N) is 3. The van der Waals surface area contributed by atoms with Crippen LogP contribution in [0.5, 0.6) is 0 Å². The van der Waals surface area contributed by atoms with Crippen molar-refractivity contribution in [3.63, 3.8) is 0 Å². The van der Waals surface area contributed by atoms with Gasteiger partial charge in [0.2, 0.25) is 5.91 Å². The Hall–Kier alpha value is -2.75. The van der Waals surface area contributed by atoms with Crippen LogP contribution in [0.3, 0.4) is 0 Å². The molecule has 0 bridgehead atoms. The summed E-state index contributed by atoms with van der Waals surface area (Å²) < 4.78 is 10.6. The van der Waals surface area contributed by atoms with Crippen molar-refractivity contribution >= 4 is 11.8 Å². The van der Waals surface area contributed by atoms with E-state index in [1.807, 2.05) is 6.92 Å². The topological polar surface area (TPSA) is 135 Å². The van der Waals surface area contributed by atoms with Crippen molar-refractivity contribution in [1.29, 1.82) is 0 Å². The van der Waals surface area contributed by atoms with Crippen molar-refractivity contribution in [2.45, 2.75) is 58.2 Å². The van der Waals surface area contributed by atoms with Crippen molar-refractivity contribution < 1.29 is 19.0 Å². The van der Waals surface area contributed by atoms with Crippen LogP contribution in [0, 0.1) is 12.8 Å². The van der Waals surface area contributed by atoms with Gasteiger partial charge in [0, 0.05) is 18.7 Å². The highest BCUT2D eigenvalue weighted by molar-refractivity contribution is 5.92. The third kappa shape index (κ3) is 4.94. The number of aryl methyl sites for hydroxylation is 1. The average Bonchev–Trinajstić information content (AvgIpc) is 3.37. The number of aromatic nitrogens is 4. The fourth-order valence-electron chi connectivity index (χ4n) is 3.34. The van der Waals surface area contributed by atoms with Gasteiger partial charge in [-0.2, -0.15) is 5.10 Å². The molecule has 2 aromatic heterocycles. The monoisotopic (exact) mass is 390 g/mol. The molecule has 0 radical (unpaired) electrons. The van der Waals surface area contributed by atoms with Gasteiger partial charge in [-0.15, -0.1) is 0 Å². The van der Waals surface area contributed by atoms with Gasteiger partial charge in [0.1, 0.15) is 17.1 Å². The Morgan fingerprint density at radius 2 is 2.21 bits per heavy atom. The Kier molecular flexibility index (Phi) is 6.75. The smallest absolute Gasteiger partial charge is 0.269 e. The molecule has 0 spiro atoms. The van der Waals surface area contributed by atoms with E-state index in [4.69, 9.17) is 4.74 Å². The zero-order chi connectivity index (χ0) is 19.9. The van der Waals surface area contributed by atoms with E-state index >= 15 is 0 Å². The van der Waals surface area contributed by atoms with E-state index < -0.39 is 0 Å². The lowest BCUT2D eigenvalue weighted by Gasteiger charge is -2.35. The van der Waals surface area contributed by atoms with Gasteiger partial charge < -0.3 is 15.4 Å². The normalized spacial score (nSPS) is 22.0. The maximum atomic E-state index is 12.6. The first-order valence-corrected chi connectivity index (χ1v) is 9.56. The number of hydrogen-bond donors (Lipinski definition) is 3. The Morgan fingerprint density at radius 1 is 1.36 bits per heavy atom. The molecule has 0 saturated heterocycles. The van der Waals surface area contributed by atoms with Crippen molar-refractivity contribution in [2.75, 3.05) is 6.61 Å². The summed E-state index contributed by atoms with van der Waals surface area (Å²) in [6.07, 6.45) is 4.07. The number of carbonyl (C=O) groups is 2. The quantitative estimate of drug-likeness (QED) is 0.614. The number of hydrogen-bond acceptors (Lipinski definition) is 7. The first kappa shape index (κ1) is 20.0. The molecular formula is C18H26N6O4. The van der Waals surface area contributed by atoms with E-state index in [-0.39, 0.29) is 36.4 Å². The lowest BCUT2D eigenvalue weighted by Crippen LogP contribution is -2.50. The second kappa shape index (κ2) is 9.45. The van der Waals surface area contributed by atoms with E-state index in [1.165, 1.54) is 6.20 Å². The predicted octanol–water partition coefficient (Wildman–Crippen LogP) is 1.11. The fourth-order valence-corrected chi connectivity index (χ4v) is 3.34. The third-order valence-corrected chi connectivity index (χ3v) is 4.94. The Balaban J connectivity index is 1.57. The summed E-state index contributed by atoms with van der Waals surface area (Å²) >= 11 is 0. The summed E-state index contributed by atoms with van der Waals surface area (Å²) in [7, 11) is 0. The standard InChI is InChI=1S/C18H26N6O4/c1-3-8-27-16-9-12(17(25)19-10-15-11(2)23-28-24-15)4-5-13(16)21-18(26)14-6-7-20-22-14/h6-7,12-13,16H,3-5,8-10H2,1-2H3,(H,19,25)(H,20,22)(H,21,26)/t12-,13-,16-/m0/s1. The highest BCUT2D eigenvalue weighted by Crippen LogP contribution is 2.27. The molecule has 1 aliphatic carbocycles. The molecule has 1 saturated carbocycles. The van der Waals surface area contributed by atoms with Gasteiger partial charge >= 0.3 is 0 Å². The summed E-state index contributed by atoms with van der Waals surface area (Å²) in [6.45, 7) is 4.67. The van der Waals surface area contributed by atoms with Gasteiger partial charge in [-0.25, -0.2) is 4.63 Å². The number of amides is 2. The van der Waals surface area contributed by atoms with Crippen LogP contribution in [0.15, 0.2) is 16.9 Å². The van der Waals surface area contributed by atoms with Gasteiger partial charge in [0.25, 0.3) is 5.91 Å². The lowest BCUT2D eigenvalue weighted by atomic mass is 9.83. The SMILES string of the molecule is CCCO[C@H]1C[C@@H](C(=O)NCc2nonc2C)CC[C@@H]1NC(=O)c1ccn[nH]1. The van der Waals surface area contributed by atoms with Crippen LogP contribution >= 0.6 is 0 Å². The lowest BCUT2D eigenvalue weighted by molar-refractivity contribution is -0.128. The summed E-state index contributed by atoms with van der Waals surface area (Å²) in [5.41, 5.74) is 1.69. The number of rotatable bonds is 8. The molecule has 0 aromatic carbocycles. The first-order chi connectivity index (χ1) is 13.6. The van der Waals surface area contributed by atoms with Crippen molar-refractivity contribution in [3.05, 3.63) is 29.3 Å². The Bertz CT molecular complexity index is 775. The molecule has 2 heterocycles. The Labute approximate surface area is 162 Å². The van der Waals surface area contributed by atoms with Gasteiger partial charge in [-0.3, -0.25) is 14.7 Å². The Morgan fingerprint density at radius 3 is 2.89 bits per heavy atom. The molecule has 3 N–H and O–H groups in total. The molecule has 1 fully saturated rings. The number of aromatic amines is 1. The molecule has 3 rings (SSSR count). The molecule has 152 valence electrons. The summed E-state index contributed by atoms with van der Waals surface area (Å²) in [5, 5.41) is 19.8. The van der Waals surface area contributed by atoms with E-state index in [0.29, 0.717) is 43.0 Å². The highest BCUT2D eigenvalue weighted by Gasteiger charge is 2.35. The van der Waals surface area contributed by atoms with Gasteiger partial charge in [0.05, 0.1) is 18.7 Å². The molecule has 0 unspecified atom stereocenters. The number of nitrogens with one attached hydrogen (secondary N) is 3. The van der Waals surface area contributed by atoms with Crippen LogP contribution in [0.1, 0.15) is 54.5 Å². The number of ether oxygens (including phenoxy) is 1. The van der Waals surface area contributed by atoms with Crippen LogP contribution in [0.25, 0.3) is 0 Å².